The SMILES string of the molecule is O=C(O)N(Cc1ccc2nc(Cn3cnc(-c4cnc5[nH]ccc5c4)c3)cn2c1)CC1CCC1. The lowest BCUT2D eigenvalue weighted by molar-refractivity contribution is 0.121. The minimum Gasteiger partial charge on any atom is -0.465 e. The van der Waals surface area contributed by atoms with Crippen LogP contribution in [-0.2, 0) is 13.1 Å². The Hall–Kier alpha value is -4.14. The van der Waals surface area contributed by atoms with Crippen LogP contribution in [0.4, 0.5) is 4.79 Å². The largest absolute Gasteiger partial charge is 0.465 e. The van der Waals surface area contributed by atoms with Crippen molar-refractivity contribution in [2.45, 2.75) is 32.4 Å². The molecule has 1 amide bonds. The van der Waals surface area contributed by atoms with Crippen molar-refractivity contribution in [2.24, 2.45) is 5.92 Å². The van der Waals surface area contributed by atoms with Crippen LogP contribution in [0.25, 0.3) is 27.9 Å². The highest BCUT2D eigenvalue weighted by Crippen LogP contribution is 2.27. The zero-order valence-corrected chi connectivity index (χ0v) is 18.6. The Bertz CT molecular complexity index is 1480. The molecule has 6 rings (SSSR count). The predicted molar refractivity (Wildman–Crippen MR) is 127 cm³/mol. The van der Waals surface area contributed by atoms with Gasteiger partial charge in [0.05, 0.1) is 30.8 Å². The summed E-state index contributed by atoms with van der Waals surface area (Å²) in [6, 6.07) is 7.97. The van der Waals surface area contributed by atoms with Gasteiger partial charge in [-0.05, 0) is 42.5 Å². The molecule has 0 aliphatic heterocycles. The van der Waals surface area contributed by atoms with Gasteiger partial charge in [0, 0.05) is 48.5 Å². The van der Waals surface area contributed by atoms with Crippen molar-refractivity contribution in [3.63, 3.8) is 0 Å². The minimum absolute atomic E-state index is 0.389. The van der Waals surface area contributed by atoms with E-state index in [4.69, 9.17) is 4.98 Å². The highest BCUT2D eigenvalue weighted by molar-refractivity contribution is 5.80. The number of aromatic nitrogens is 6. The summed E-state index contributed by atoms with van der Waals surface area (Å²) < 4.78 is 3.97. The van der Waals surface area contributed by atoms with Crippen molar-refractivity contribution in [2.75, 3.05) is 6.54 Å². The van der Waals surface area contributed by atoms with Crippen molar-refractivity contribution in [3.05, 3.63) is 72.8 Å². The Kier molecular flexibility index (Phi) is 5.01. The quantitative estimate of drug-likeness (QED) is 0.378. The second-order valence-electron chi connectivity index (χ2n) is 9.07. The number of amides is 1. The smallest absolute Gasteiger partial charge is 0.407 e. The molecule has 0 unspecified atom stereocenters. The molecule has 0 bridgehead atoms. The van der Waals surface area contributed by atoms with Crippen LogP contribution in [0.5, 0.6) is 0 Å². The standard InChI is InChI=1S/C25H25N7O2/c33-25(34)32(10-17-2-1-3-17)12-18-4-5-23-29-21(14-31(23)11-18)13-30-15-22(28-16-30)20-8-19-6-7-26-24(19)27-9-20/h4-9,11,14-17H,1-3,10,12-13H2,(H,26,27)(H,33,34). The molecule has 1 fully saturated rings. The third-order valence-corrected chi connectivity index (χ3v) is 6.58. The lowest BCUT2D eigenvalue weighted by Gasteiger charge is -2.30. The number of H-pyrrole nitrogens is 1. The maximum Gasteiger partial charge on any atom is 0.407 e. The summed E-state index contributed by atoms with van der Waals surface area (Å²) in [6.07, 6.45) is 14.1. The summed E-state index contributed by atoms with van der Waals surface area (Å²) in [5.74, 6) is 0.500. The van der Waals surface area contributed by atoms with Crippen molar-refractivity contribution in [3.8, 4) is 11.3 Å². The van der Waals surface area contributed by atoms with E-state index in [2.05, 4.69) is 21.0 Å². The molecular weight excluding hydrogens is 430 g/mol. The molecule has 2 N–H and O–H groups in total. The molecule has 0 aromatic carbocycles. The maximum atomic E-state index is 11.7. The van der Waals surface area contributed by atoms with Gasteiger partial charge in [-0.3, -0.25) is 0 Å². The van der Waals surface area contributed by atoms with Gasteiger partial charge in [0.1, 0.15) is 11.3 Å². The summed E-state index contributed by atoms with van der Waals surface area (Å²) in [6.45, 7) is 1.59. The first-order valence-electron chi connectivity index (χ1n) is 11.5. The third kappa shape index (κ3) is 4.00. The first kappa shape index (κ1) is 20.5. The second-order valence-corrected chi connectivity index (χ2v) is 9.07. The van der Waals surface area contributed by atoms with E-state index in [1.165, 1.54) is 11.3 Å². The number of pyridine rings is 2. The lowest BCUT2D eigenvalue weighted by atomic mass is 9.85. The van der Waals surface area contributed by atoms with Crippen molar-refractivity contribution >= 4 is 22.8 Å². The number of imidazole rings is 2. The molecule has 1 saturated carbocycles. The molecule has 9 heteroatoms. The topological polar surface area (TPSA) is 104 Å². The van der Waals surface area contributed by atoms with Gasteiger partial charge in [-0.15, -0.1) is 0 Å². The molecule has 34 heavy (non-hydrogen) atoms. The highest BCUT2D eigenvalue weighted by Gasteiger charge is 2.23. The highest BCUT2D eigenvalue weighted by atomic mass is 16.4. The molecule has 5 aromatic heterocycles. The Balaban J connectivity index is 1.18. The summed E-state index contributed by atoms with van der Waals surface area (Å²) in [4.78, 5) is 30.0. The van der Waals surface area contributed by atoms with Crippen LogP contribution in [0.3, 0.4) is 0 Å². The molecule has 1 aliphatic rings. The first-order valence-corrected chi connectivity index (χ1v) is 11.5. The van der Waals surface area contributed by atoms with Crippen LogP contribution in [0, 0.1) is 5.92 Å². The monoisotopic (exact) mass is 455 g/mol. The van der Waals surface area contributed by atoms with Gasteiger partial charge in [0.2, 0.25) is 0 Å². The maximum absolute atomic E-state index is 11.7. The number of hydrogen-bond donors (Lipinski definition) is 2. The number of hydrogen-bond acceptors (Lipinski definition) is 4. The Labute approximate surface area is 195 Å². The Morgan fingerprint density at radius 1 is 1.18 bits per heavy atom. The van der Waals surface area contributed by atoms with Crippen LogP contribution < -0.4 is 0 Å². The normalized spacial score (nSPS) is 14.0. The zero-order valence-electron chi connectivity index (χ0n) is 18.6. The third-order valence-electron chi connectivity index (χ3n) is 6.58. The molecule has 5 heterocycles. The van der Waals surface area contributed by atoms with E-state index in [1.54, 1.807) is 6.33 Å². The van der Waals surface area contributed by atoms with Gasteiger partial charge in [0.25, 0.3) is 0 Å². The molecule has 0 atom stereocenters. The second kappa shape index (κ2) is 8.33. The van der Waals surface area contributed by atoms with Gasteiger partial charge in [-0.1, -0.05) is 12.5 Å². The molecule has 0 saturated heterocycles. The van der Waals surface area contributed by atoms with Gasteiger partial charge < -0.3 is 24.0 Å². The van der Waals surface area contributed by atoms with E-state index in [9.17, 15) is 9.90 Å². The first-order chi connectivity index (χ1) is 16.6. The van der Waals surface area contributed by atoms with Gasteiger partial charge >= 0.3 is 6.09 Å². The van der Waals surface area contributed by atoms with Crippen LogP contribution in [0.1, 0.15) is 30.5 Å². The zero-order chi connectivity index (χ0) is 23.1. The van der Waals surface area contributed by atoms with E-state index in [1.807, 2.05) is 58.2 Å². The van der Waals surface area contributed by atoms with Crippen LogP contribution >= 0.6 is 0 Å². The molecule has 1 aliphatic carbocycles. The summed E-state index contributed by atoms with van der Waals surface area (Å²) in [5, 5.41) is 10.7. The van der Waals surface area contributed by atoms with E-state index < -0.39 is 6.09 Å². The van der Waals surface area contributed by atoms with E-state index in [-0.39, 0.29) is 0 Å². The number of carbonyl (C=O) groups is 1. The molecule has 0 spiro atoms. The van der Waals surface area contributed by atoms with Crippen LogP contribution in [-0.4, -0.2) is 51.5 Å². The summed E-state index contributed by atoms with van der Waals surface area (Å²) in [5.41, 5.74) is 5.39. The van der Waals surface area contributed by atoms with Gasteiger partial charge in [-0.2, -0.15) is 0 Å². The van der Waals surface area contributed by atoms with Gasteiger partial charge in [-0.25, -0.2) is 19.7 Å². The lowest BCUT2D eigenvalue weighted by Crippen LogP contribution is -2.36. The fraction of sp³-hybridized carbons (Fsp3) is 0.280. The van der Waals surface area contributed by atoms with Gasteiger partial charge in [0.15, 0.2) is 0 Å². The number of rotatable bonds is 7. The molecule has 172 valence electrons. The fourth-order valence-corrected chi connectivity index (χ4v) is 4.54. The summed E-state index contributed by atoms with van der Waals surface area (Å²) >= 11 is 0. The average Bonchev–Trinajstić information content (AvgIpc) is 3.53. The van der Waals surface area contributed by atoms with Crippen LogP contribution in [0.15, 0.2) is 61.6 Å². The van der Waals surface area contributed by atoms with E-state index in [0.29, 0.717) is 25.6 Å². The number of carboxylic acid groups (broad SMARTS) is 1. The Morgan fingerprint density at radius 3 is 2.91 bits per heavy atom. The van der Waals surface area contributed by atoms with Crippen molar-refractivity contribution in [1.29, 1.82) is 0 Å². The van der Waals surface area contributed by atoms with Crippen molar-refractivity contribution in [1.82, 2.24) is 33.8 Å². The van der Waals surface area contributed by atoms with E-state index in [0.717, 1.165) is 52.0 Å². The fourth-order valence-electron chi connectivity index (χ4n) is 4.54. The summed E-state index contributed by atoms with van der Waals surface area (Å²) in [7, 11) is 0. The molecule has 9 nitrogen and oxygen atoms in total. The number of aromatic amines is 1. The number of nitrogens with one attached hydrogen (secondary N) is 1. The molecular formula is C25H25N7O2. The number of fused-ring (bicyclic) bond motifs is 2. The minimum atomic E-state index is -0.861. The number of nitrogens with zero attached hydrogens (tertiary/aromatic N) is 6. The Morgan fingerprint density at radius 2 is 2.09 bits per heavy atom. The van der Waals surface area contributed by atoms with Crippen molar-refractivity contribution < 1.29 is 9.90 Å². The van der Waals surface area contributed by atoms with E-state index >= 15 is 0 Å². The average molecular weight is 456 g/mol. The molecule has 5 aromatic rings. The predicted octanol–water partition coefficient (Wildman–Crippen LogP) is 4.40. The van der Waals surface area contributed by atoms with Crippen LogP contribution in [0.2, 0.25) is 0 Å². The molecule has 0 radical (unpaired) electrons.